The van der Waals surface area contributed by atoms with E-state index in [1.807, 2.05) is 6.07 Å². The minimum Gasteiger partial charge on any atom is -0.298 e. The van der Waals surface area contributed by atoms with Gasteiger partial charge in [0, 0.05) is 24.5 Å². The molecule has 0 unspecified atom stereocenters. The van der Waals surface area contributed by atoms with Crippen molar-refractivity contribution in [3.63, 3.8) is 0 Å². The molecule has 72 valence electrons. The lowest BCUT2D eigenvalue weighted by atomic mass is 9.88. The summed E-state index contributed by atoms with van der Waals surface area (Å²) in [6, 6.07) is 1.90. The number of hydrogen-bond donors (Lipinski definition) is 0. The first kappa shape index (κ1) is 10.2. The van der Waals surface area contributed by atoms with Crippen molar-refractivity contribution in [3.8, 4) is 6.07 Å². The molecule has 0 aromatic carbocycles. The lowest BCUT2D eigenvalue weighted by Gasteiger charge is -2.46. The van der Waals surface area contributed by atoms with Crippen LogP contribution in [0.15, 0.2) is 0 Å². The first-order chi connectivity index (χ1) is 5.95. The zero-order chi connectivity index (χ0) is 10.1. The second kappa shape index (κ2) is 3.47. The molecule has 0 aliphatic carbocycles. The minimum absolute atomic E-state index is 0.0721. The van der Waals surface area contributed by atoms with Crippen LogP contribution in [0.2, 0.25) is 0 Å². The van der Waals surface area contributed by atoms with Gasteiger partial charge in [-0.1, -0.05) is 0 Å². The second-order valence-corrected chi connectivity index (χ2v) is 4.57. The molecular weight excluding hydrogens is 164 g/mol. The van der Waals surface area contributed by atoms with E-state index in [0.29, 0.717) is 0 Å². The van der Waals surface area contributed by atoms with Crippen LogP contribution in [-0.4, -0.2) is 29.3 Å². The number of likely N-dealkylation sites (tertiary alicyclic amines) is 1. The summed E-state index contributed by atoms with van der Waals surface area (Å²) >= 11 is 0. The molecule has 0 amide bonds. The fraction of sp³-hybridized carbons (Fsp3) is 0.800. The Bertz CT molecular complexity index is 241. The van der Waals surface area contributed by atoms with Crippen LogP contribution in [-0.2, 0) is 4.79 Å². The van der Waals surface area contributed by atoms with Crippen LogP contribution in [0, 0.1) is 17.2 Å². The Kier molecular flexibility index (Phi) is 2.72. The van der Waals surface area contributed by atoms with Crippen LogP contribution in [0.25, 0.3) is 0 Å². The first-order valence-electron chi connectivity index (χ1n) is 4.60. The van der Waals surface area contributed by atoms with E-state index in [1.54, 1.807) is 0 Å². The number of hydrogen-bond acceptors (Lipinski definition) is 3. The molecule has 1 aliphatic heterocycles. The number of carbonyl (C=O) groups excluding carboxylic acids is 1. The van der Waals surface area contributed by atoms with Crippen molar-refractivity contribution in [1.82, 2.24) is 4.90 Å². The molecule has 0 bridgehead atoms. The molecule has 1 rings (SSSR count). The predicted molar refractivity (Wildman–Crippen MR) is 50.1 cm³/mol. The minimum atomic E-state index is 0.0721. The third-order valence-electron chi connectivity index (χ3n) is 2.54. The summed E-state index contributed by atoms with van der Waals surface area (Å²) < 4.78 is 0. The normalized spacial score (nSPS) is 19.2. The predicted octanol–water partition coefficient (Wildman–Crippen LogP) is 1.20. The van der Waals surface area contributed by atoms with Crippen molar-refractivity contribution in [3.05, 3.63) is 0 Å². The van der Waals surface area contributed by atoms with E-state index in [-0.39, 0.29) is 23.7 Å². The highest BCUT2D eigenvalue weighted by molar-refractivity contribution is 5.84. The van der Waals surface area contributed by atoms with Gasteiger partial charge in [0.1, 0.15) is 0 Å². The Morgan fingerprint density at radius 1 is 1.54 bits per heavy atom. The summed E-state index contributed by atoms with van der Waals surface area (Å²) in [7, 11) is 0. The summed E-state index contributed by atoms with van der Waals surface area (Å²) in [6.45, 7) is 8.06. The topological polar surface area (TPSA) is 44.1 Å². The molecule has 1 heterocycles. The zero-order valence-corrected chi connectivity index (χ0v) is 8.50. The van der Waals surface area contributed by atoms with Crippen molar-refractivity contribution in [1.29, 1.82) is 5.26 Å². The van der Waals surface area contributed by atoms with Crippen molar-refractivity contribution in [2.24, 2.45) is 5.92 Å². The molecule has 13 heavy (non-hydrogen) atoms. The van der Waals surface area contributed by atoms with E-state index >= 15 is 0 Å². The van der Waals surface area contributed by atoms with Crippen LogP contribution < -0.4 is 0 Å². The smallest absolute Gasteiger partial charge is 0.152 e. The summed E-state index contributed by atoms with van der Waals surface area (Å²) in [4.78, 5) is 13.5. The van der Waals surface area contributed by atoms with Gasteiger partial charge in [0.15, 0.2) is 5.78 Å². The Morgan fingerprint density at radius 2 is 2.08 bits per heavy atom. The number of ketones is 1. The number of nitriles is 1. The van der Waals surface area contributed by atoms with Crippen molar-refractivity contribution >= 4 is 5.78 Å². The van der Waals surface area contributed by atoms with Crippen LogP contribution in [0.5, 0.6) is 0 Å². The monoisotopic (exact) mass is 180 g/mol. The van der Waals surface area contributed by atoms with Gasteiger partial charge in [-0.05, 0) is 20.8 Å². The summed E-state index contributed by atoms with van der Waals surface area (Å²) in [5.41, 5.74) is 0.156. The highest BCUT2D eigenvalue weighted by atomic mass is 16.1. The SMILES string of the molecule is CC(C)(C)N1CC(C(=O)CC#N)C1. The van der Waals surface area contributed by atoms with Gasteiger partial charge in [0.2, 0.25) is 0 Å². The lowest BCUT2D eigenvalue weighted by molar-refractivity contribution is -0.129. The van der Waals surface area contributed by atoms with E-state index in [9.17, 15) is 4.79 Å². The third-order valence-corrected chi connectivity index (χ3v) is 2.54. The molecule has 0 atom stereocenters. The highest BCUT2D eigenvalue weighted by Gasteiger charge is 2.37. The molecule has 1 fully saturated rings. The fourth-order valence-electron chi connectivity index (χ4n) is 1.45. The molecule has 0 aromatic rings. The van der Waals surface area contributed by atoms with Gasteiger partial charge in [0.25, 0.3) is 0 Å². The molecule has 0 N–H and O–H groups in total. The maximum absolute atomic E-state index is 11.2. The molecule has 0 saturated carbocycles. The van der Waals surface area contributed by atoms with Crippen molar-refractivity contribution < 1.29 is 4.79 Å². The molecule has 0 spiro atoms. The van der Waals surface area contributed by atoms with Gasteiger partial charge in [0.05, 0.1) is 12.5 Å². The quantitative estimate of drug-likeness (QED) is 0.641. The summed E-state index contributed by atoms with van der Waals surface area (Å²) in [6.07, 6.45) is 0.0721. The molecule has 3 heteroatoms. The average molecular weight is 180 g/mol. The number of rotatable bonds is 2. The first-order valence-corrected chi connectivity index (χ1v) is 4.60. The lowest BCUT2D eigenvalue weighted by Crippen LogP contribution is -2.58. The van der Waals surface area contributed by atoms with Crippen LogP contribution >= 0.6 is 0 Å². The molecule has 0 radical (unpaired) electrons. The maximum Gasteiger partial charge on any atom is 0.152 e. The average Bonchev–Trinajstić information content (AvgIpc) is 1.79. The van der Waals surface area contributed by atoms with Gasteiger partial charge in [-0.15, -0.1) is 0 Å². The number of carbonyl (C=O) groups is 1. The molecule has 0 aromatic heterocycles. The van der Waals surface area contributed by atoms with Gasteiger partial charge in [-0.2, -0.15) is 5.26 Å². The highest BCUT2D eigenvalue weighted by Crippen LogP contribution is 2.26. The summed E-state index contributed by atoms with van der Waals surface area (Å²) in [5.74, 6) is 0.210. The van der Waals surface area contributed by atoms with E-state index < -0.39 is 0 Å². The van der Waals surface area contributed by atoms with Gasteiger partial charge in [-0.25, -0.2) is 0 Å². The zero-order valence-electron chi connectivity index (χ0n) is 8.50. The second-order valence-electron chi connectivity index (χ2n) is 4.57. The fourth-order valence-corrected chi connectivity index (χ4v) is 1.45. The third kappa shape index (κ3) is 2.28. The summed E-state index contributed by atoms with van der Waals surface area (Å²) in [5, 5.41) is 8.35. The van der Waals surface area contributed by atoms with E-state index in [4.69, 9.17) is 5.26 Å². The van der Waals surface area contributed by atoms with Crippen LogP contribution in [0.4, 0.5) is 0 Å². The molecular formula is C10H16N2O. The van der Waals surface area contributed by atoms with Crippen LogP contribution in [0.3, 0.4) is 0 Å². The Labute approximate surface area is 79.3 Å². The Balaban J connectivity index is 2.34. The van der Waals surface area contributed by atoms with Gasteiger partial charge in [-0.3, -0.25) is 9.69 Å². The van der Waals surface area contributed by atoms with Gasteiger partial charge >= 0.3 is 0 Å². The van der Waals surface area contributed by atoms with Crippen molar-refractivity contribution in [2.45, 2.75) is 32.7 Å². The molecule has 3 nitrogen and oxygen atoms in total. The van der Waals surface area contributed by atoms with Gasteiger partial charge < -0.3 is 0 Å². The Hall–Kier alpha value is -0.880. The maximum atomic E-state index is 11.2. The van der Waals surface area contributed by atoms with Crippen molar-refractivity contribution in [2.75, 3.05) is 13.1 Å². The van der Waals surface area contributed by atoms with E-state index in [1.165, 1.54) is 0 Å². The largest absolute Gasteiger partial charge is 0.298 e. The Morgan fingerprint density at radius 3 is 2.46 bits per heavy atom. The van der Waals surface area contributed by atoms with E-state index in [0.717, 1.165) is 13.1 Å². The molecule has 1 aliphatic rings. The number of Topliss-reactive ketones (excluding diaryl/α,β-unsaturated/α-hetero) is 1. The van der Waals surface area contributed by atoms with Crippen LogP contribution in [0.1, 0.15) is 27.2 Å². The van der Waals surface area contributed by atoms with E-state index in [2.05, 4.69) is 25.7 Å². The molecule has 1 saturated heterocycles. The number of nitrogens with zero attached hydrogens (tertiary/aromatic N) is 2. The standard InChI is InChI=1S/C10H16N2O/c1-10(2,3)12-6-8(7-12)9(13)4-5-11/h8H,4,6-7H2,1-3H3.